The van der Waals surface area contributed by atoms with Gasteiger partial charge in [-0.3, -0.25) is 0 Å². The van der Waals surface area contributed by atoms with Crippen LogP contribution in [0.5, 0.6) is 0 Å². The minimum Gasteiger partial charge on any atom is -0.370 e. The normalized spacial score (nSPS) is 15.2. The molecule has 8 heteroatoms. The molecule has 0 unspecified atom stereocenters. The molecule has 2 N–H and O–H groups in total. The van der Waals surface area contributed by atoms with Gasteiger partial charge in [0.2, 0.25) is 0 Å². The van der Waals surface area contributed by atoms with Gasteiger partial charge in [0.25, 0.3) is 0 Å². The number of hydrogen-bond acceptors (Lipinski definition) is 4. The van der Waals surface area contributed by atoms with E-state index in [2.05, 4.69) is 38.8 Å². The van der Waals surface area contributed by atoms with Crippen LogP contribution in [0.25, 0.3) is 0 Å². The Morgan fingerprint density at radius 2 is 1.84 bits per heavy atom. The van der Waals surface area contributed by atoms with Gasteiger partial charge in [-0.2, -0.15) is 0 Å². The van der Waals surface area contributed by atoms with Gasteiger partial charge >= 0.3 is 0 Å². The molecule has 2 aromatic rings. The largest absolute Gasteiger partial charge is 0.370 e. The molecule has 0 atom stereocenters. The fourth-order valence-corrected chi connectivity index (χ4v) is 3.69. The number of rotatable bonds is 3. The molecule has 0 saturated carbocycles. The Bertz CT molecular complexity index is 704. The maximum absolute atomic E-state index is 6.16. The number of thiazole rings is 1. The minimum atomic E-state index is 0. The summed E-state index contributed by atoms with van der Waals surface area (Å²) in [7, 11) is 0. The van der Waals surface area contributed by atoms with E-state index in [4.69, 9.17) is 17.3 Å². The Balaban J connectivity index is 0.00000225. The molecule has 3 rings (SSSR count). The molecule has 0 amide bonds. The highest BCUT2D eigenvalue weighted by atomic mass is 127. The second kappa shape index (κ2) is 9.05. The number of aryl methyl sites for hydroxylation is 2. The highest BCUT2D eigenvalue weighted by molar-refractivity contribution is 14.0. The van der Waals surface area contributed by atoms with Gasteiger partial charge in [-0.25, -0.2) is 9.98 Å². The SMILES string of the molecule is Cc1nc(CN=C(N)N2CCN(c3ccc(Cl)cc3)CC2)sc1C.I. The van der Waals surface area contributed by atoms with Gasteiger partial charge in [-0.1, -0.05) is 11.6 Å². The third kappa shape index (κ3) is 5.21. The van der Waals surface area contributed by atoms with Crippen LogP contribution in [0, 0.1) is 13.8 Å². The zero-order chi connectivity index (χ0) is 17.1. The lowest BCUT2D eigenvalue weighted by atomic mass is 10.2. The van der Waals surface area contributed by atoms with Crippen molar-refractivity contribution in [2.24, 2.45) is 10.7 Å². The summed E-state index contributed by atoms with van der Waals surface area (Å²) in [5, 5.41) is 1.79. The van der Waals surface area contributed by atoms with Gasteiger partial charge in [-0.05, 0) is 38.1 Å². The summed E-state index contributed by atoms with van der Waals surface area (Å²) in [5.41, 5.74) is 8.44. The van der Waals surface area contributed by atoms with Gasteiger partial charge in [-0.15, -0.1) is 35.3 Å². The van der Waals surface area contributed by atoms with Crippen molar-refractivity contribution in [3.8, 4) is 0 Å². The van der Waals surface area contributed by atoms with E-state index in [9.17, 15) is 0 Å². The molecule has 1 aliphatic heterocycles. The van der Waals surface area contributed by atoms with Crippen molar-refractivity contribution < 1.29 is 0 Å². The molecule has 1 aliphatic rings. The Hall–Kier alpha value is -1.06. The predicted octanol–water partition coefficient (Wildman–Crippen LogP) is 3.67. The lowest BCUT2D eigenvalue weighted by Gasteiger charge is -2.36. The minimum absolute atomic E-state index is 0. The van der Waals surface area contributed by atoms with Gasteiger partial charge < -0.3 is 15.5 Å². The molecule has 5 nitrogen and oxygen atoms in total. The number of nitrogens with zero attached hydrogens (tertiary/aromatic N) is 4. The molecule has 0 aliphatic carbocycles. The van der Waals surface area contributed by atoms with Gasteiger partial charge in [0.1, 0.15) is 5.01 Å². The molecule has 1 fully saturated rings. The quantitative estimate of drug-likeness (QED) is 0.404. The number of hydrogen-bond donors (Lipinski definition) is 1. The number of benzene rings is 1. The average Bonchev–Trinajstić information content (AvgIpc) is 2.92. The summed E-state index contributed by atoms with van der Waals surface area (Å²) >= 11 is 7.64. The van der Waals surface area contributed by atoms with E-state index in [0.29, 0.717) is 12.5 Å². The van der Waals surface area contributed by atoms with Crippen molar-refractivity contribution in [2.75, 3.05) is 31.1 Å². The van der Waals surface area contributed by atoms with E-state index < -0.39 is 0 Å². The molecule has 1 aromatic carbocycles. The molecule has 0 spiro atoms. The average molecular weight is 492 g/mol. The molecule has 0 bridgehead atoms. The van der Waals surface area contributed by atoms with E-state index >= 15 is 0 Å². The lowest BCUT2D eigenvalue weighted by molar-refractivity contribution is 0.380. The van der Waals surface area contributed by atoms with E-state index in [-0.39, 0.29) is 24.0 Å². The summed E-state index contributed by atoms with van der Waals surface area (Å²) in [5.74, 6) is 0.608. The van der Waals surface area contributed by atoms with Crippen LogP contribution in [0.15, 0.2) is 29.3 Å². The Kier molecular flexibility index (Phi) is 7.33. The Morgan fingerprint density at radius 1 is 1.20 bits per heavy atom. The van der Waals surface area contributed by atoms with Crippen LogP contribution < -0.4 is 10.6 Å². The van der Waals surface area contributed by atoms with E-state index in [1.54, 1.807) is 11.3 Å². The number of nitrogens with two attached hydrogens (primary N) is 1. The van der Waals surface area contributed by atoms with Crippen molar-refractivity contribution in [3.05, 3.63) is 44.9 Å². The van der Waals surface area contributed by atoms with Gasteiger partial charge in [0, 0.05) is 41.8 Å². The maximum Gasteiger partial charge on any atom is 0.191 e. The van der Waals surface area contributed by atoms with Crippen LogP contribution in [0.4, 0.5) is 5.69 Å². The van der Waals surface area contributed by atoms with Crippen molar-refractivity contribution in [3.63, 3.8) is 0 Å². The summed E-state index contributed by atoms with van der Waals surface area (Å²) in [6.45, 7) is 8.25. The van der Waals surface area contributed by atoms with E-state index in [1.807, 2.05) is 19.1 Å². The lowest BCUT2D eigenvalue weighted by Crippen LogP contribution is -2.51. The first-order valence-electron chi connectivity index (χ1n) is 8.01. The van der Waals surface area contributed by atoms with Crippen molar-refractivity contribution >= 4 is 58.6 Å². The van der Waals surface area contributed by atoms with Crippen LogP contribution in [0.1, 0.15) is 15.6 Å². The molecule has 0 radical (unpaired) electrons. The third-order valence-corrected chi connectivity index (χ3v) is 5.55. The third-order valence-electron chi connectivity index (χ3n) is 4.24. The standard InChI is InChI=1S/C17H22ClN5S.HI/c1-12-13(2)24-16(21-12)11-20-17(19)23-9-7-22(8-10-23)15-5-3-14(18)4-6-15;/h3-6H,7-11H2,1-2H3,(H2,19,20);1H. The number of halogens is 2. The fourth-order valence-electron chi connectivity index (χ4n) is 2.70. The number of aliphatic imine (C=N–C) groups is 1. The van der Waals surface area contributed by atoms with Crippen LogP contribution in [-0.2, 0) is 6.54 Å². The topological polar surface area (TPSA) is 57.8 Å². The van der Waals surface area contributed by atoms with E-state index in [1.165, 1.54) is 10.6 Å². The second-order valence-corrected chi connectivity index (χ2v) is 7.60. The van der Waals surface area contributed by atoms with Crippen LogP contribution in [0.2, 0.25) is 5.02 Å². The first kappa shape index (κ1) is 20.3. The van der Waals surface area contributed by atoms with Crippen LogP contribution in [0.3, 0.4) is 0 Å². The Morgan fingerprint density at radius 3 is 2.40 bits per heavy atom. The zero-order valence-electron chi connectivity index (χ0n) is 14.4. The highest BCUT2D eigenvalue weighted by Crippen LogP contribution is 2.20. The summed E-state index contributed by atoms with van der Waals surface area (Å²) in [4.78, 5) is 14.7. The molecule has 1 saturated heterocycles. The predicted molar refractivity (Wildman–Crippen MR) is 118 cm³/mol. The summed E-state index contributed by atoms with van der Waals surface area (Å²) < 4.78 is 0. The van der Waals surface area contributed by atoms with Crippen LogP contribution in [-0.4, -0.2) is 42.0 Å². The maximum atomic E-state index is 6.16. The smallest absolute Gasteiger partial charge is 0.191 e. The van der Waals surface area contributed by atoms with Crippen LogP contribution >= 0.6 is 46.9 Å². The molecular formula is C17H23ClIN5S. The molecule has 1 aromatic heterocycles. The van der Waals surface area contributed by atoms with Crippen molar-refractivity contribution in [1.82, 2.24) is 9.88 Å². The number of guanidine groups is 1. The Labute approximate surface area is 174 Å². The first-order chi connectivity index (χ1) is 11.5. The molecule has 136 valence electrons. The summed E-state index contributed by atoms with van der Waals surface area (Å²) in [6.07, 6.45) is 0. The van der Waals surface area contributed by atoms with E-state index in [0.717, 1.165) is 41.9 Å². The summed E-state index contributed by atoms with van der Waals surface area (Å²) in [6, 6.07) is 7.97. The second-order valence-electron chi connectivity index (χ2n) is 5.87. The molecule has 2 heterocycles. The monoisotopic (exact) mass is 491 g/mol. The number of aromatic nitrogens is 1. The zero-order valence-corrected chi connectivity index (χ0v) is 18.3. The van der Waals surface area contributed by atoms with Gasteiger partial charge in [0.05, 0.1) is 12.2 Å². The number of anilines is 1. The van der Waals surface area contributed by atoms with Crippen molar-refractivity contribution in [2.45, 2.75) is 20.4 Å². The molecule has 25 heavy (non-hydrogen) atoms. The first-order valence-corrected chi connectivity index (χ1v) is 9.20. The van der Waals surface area contributed by atoms with Crippen molar-refractivity contribution in [1.29, 1.82) is 0 Å². The fraction of sp³-hybridized carbons (Fsp3) is 0.412. The highest BCUT2D eigenvalue weighted by Gasteiger charge is 2.18. The number of piperazine rings is 1. The van der Waals surface area contributed by atoms with Gasteiger partial charge in [0.15, 0.2) is 5.96 Å². The molecular weight excluding hydrogens is 469 g/mol.